The number of nitrogens with one attached hydrogen (secondary N) is 1. The molecule has 1 aliphatic rings. The lowest BCUT2D eigenvalue weighted by Crippen LogP contribution is -2.49. The fourth-order valence-corrected chi connectivity index (χ4v) is 3.77. The number of hydrogen-bond acceptors (Lipinski definition) is 2. The first-order valence-corrected chi connectivity index (χ1v) is 8.57. The van der Waals surface area contributed by atoms with E-state index >= 15 is 0 Å². The van der Waals surface area contributed by atoms with E-state index in [0.717, 1.165) is 30.3 Å². The van der Waals surface area contributed by atoms with Crippen molar-refractivity contribution in [3.8, 4) is 0 Å². The van der Waals surface area contributed by atoms with Crippen molar-refractivity contribution in [3.05, 3.63) is 0 Å². The Balaban J connectivity index is 2.58. The van der Waals surface area contributed by atoms with E-state index < -0.39 is 0 Å². The molecule has 0 radical (unpaired) electrons. The molecule has 0 heterocycles. The van der Waals surface area contributed by atoms with Crippen LogP contribution in [0.4, 0.5) is 0 Å². The third-order valence-corrected chi connectivity index (χ3v) is 4.89. The summed E-state index contributed by atoms with van der Waals surface area (Å²) in [6.45, 7) is 16.6. The van der Waals surface area contributed by atoms with Crippen LogP contribution in [-0.2, 0) is 0 Å². The van der Waals surface area contributed by atoms with Gasteiger partial charge in [0.2, 0.25) is 0 Å². The Labute approximate surface area is 121 Å². The first kappa shape index (κ1) is 17.0. The highest BCUT2D eigenvalue weighted by Crippen LogP contribution is 2.34. The van der Waals surface area contributed by atoms with E-state index in [4.69, 9.17) is 0 Å². The average molecular weight is 268 g/mol. The van der Waals surface area contributed by atoms with Crippen molar-refractivity contribution in [3.63, 3.8) is 0 Å². The van der Waals surface area contributed by atoms with E-state index in [1.165, 1.54) is 45.3 Å². The first-order chi connectivity index (χ1) is 9.12. The third kappa shape index (κ3) is 5.43. The molecule has 2 nitrogen and oxygen atoms in total. The Morgan fingerprint density at radius 2 is 1.84 bits per heavy atom. The highest BCUT2D eigenvalue weighted by Gasteiger charge is 2.34. The molecule has 4 unspecified atom stereocenters. The first-order valence-electron chi connectivity index (χ1n) is 8.57. The predicted octanol–water partition coefficient (Wildman–Crippen LogP) is 3.77. The molecule has 4 atom stereocenters. The molecule has 0 aromatic heterocycles. The smallest absolute Gasteiger partial charge is 0.0112 e. The van der Waals surface area contributed by atoms with Crippen molar-refractivity contribution in [2.45, 2.75) is 66.3 Å². The van der Waals surface area contributed by atoms with Crippen LogP contribution in [-0.4, -0.2) is 37.1 Å². The maximum absolute atomic E-state index is 3.75. The number of hydrogen-bond donors (Lipinski definition) is 1. The van der Waals surface area contributed by atoms with Gasteiger partial charge in [0, 0.05) is 12.6 Å². The van der Waals surface area contributed by atoms with E-state index in [2.05, 4.69) is 44.8 Å². The molecule has 0 amide bonds. The summed E-state index contributed by atoms with van der Waals surface area (Å²) in [4.78, 5) is 2.67. The predicted molar refractivity (Wildman–Crippen MR) is 85.5 cm³/mol. The second-order valence-electron chi connectivity index (χ2n) is 6.63. The lowest BCUT2D eigenvalue weighted by atomic mass is 9.72. The molecule has 114 valence electrons. The largest absolute Gasteiger partial charge is 0.314 e. The van der Waals surface area contributed by atoms with Crippen molar-refractivity contribution in [2.75, 3.05) is 26.2 Å². The van der Waals surface area contributed by atoms with E-state index in [9.17, 15) is 0 Å². The molecule has 0 aliphatic heterocycles. The quantitative estimate of drug-likeness (QED) is 0.721. The molecule has 0 spiro atoms. The lowest BCUT2D eigenvalue weighted by molar-refractivity contribution is 0.103. The molecular weight excluding hydrogens is 232 g/mol. The van der Waals surface area contributed by atoms with Crippen LogP contribution in [0.15, 0.2) is 0 Å². The monoisotopic (exact) mass is 268 g/mol. The summed E-state index contributed by atoms with van der Waals surface area (Å²) in [5.41, 5.74) is 0. The number of rotatable bonds is 8. The van der Waals surface area contributed by atoms with Gasteiger partial charge in [0.15, 0.2) is 0 Å². The highest BCUT2D eigenvalue weighted by molar-refractivity contribution is 4.89. The zero-order valence-corrected chi connectivity index (χ0v) is 13.9. The molecule has 1 saturated carbocycles. The van der Waals surface area contributed by atoms with Crippen LogP contribution in [0.1, 0.15) is 60.3 Å². The van der Waals surface area contributed by atoms with Gasteiger partial charge in [-0.2, -0.15) is 0 Å². The molecule has 0 saturated heterocycles. The molecular formula is C17H36N2. The zero-order chi connectivity index (χ0) is 14.3. The minimum absolute atomic E-state index is 0.736. The third-order valence-electron chi connectivity index (χ3n) is 4.89. The van der Waals surface area contributed by atoms with Crippen molar-refractivity contribution < 1.29 is 0 Å². The van der Waals surface area contributed by atoms with E-state index in [0.29, 0.717) is 0 Å². The molecule has 2 heteroatoms. The second kappa shape index (κ2) is 8.97. The lowest BCUT2D eigenvalue weighted by Gasteiger charge is -2.42. The van der Waals surface area contributed by atoms with Gasteiger partial charge in [-0.25, -0.2) is 0 Å². The Morgan fingerprint density at radius 1 is 1.11 bits per heavy atom. The fourth-order valence-electron chi connectivity index (χ4n) is 3.77. The van der Waals surface area contributed by atoms with E-state index in [1.54, 1.807) is 0 Å². The fraction of sp³-hybridized carbons (Fsp3) is 1.00. The summed E-state index contributed by atoms with van der Waals surface area (Å²) in [7, 11) is 0. The van der Waals surface area contributed by atoms with Crippen LogP contribution in [0.5, 0.6) is 0 Å². The molecule has 19 heavy (non-hydrogen) atoms. The minimum atomic E-state index is 0.736. The Kier molecular flexibility index (Phi) is 8.01. The summed E-state index contributed by atoms with van der Waals surface area (Å²) in [5, 5.41) is 3.75. The van der Waals surface area contributed by atoms with Gasteiger partial charge in [-0.15, -0.1) is 0 Å². The Hall–Kier alpha value is -0.0800. The molecule has 1 fully saturated rings. The summed E-state index contributed by atoms with van der Waals surface area (Å²) in [5.74, 6) is 2.59. The van der Waals surface area contributed by atoms with Gasteiger partial charge in [-0.3, -0.25) is 0 Å². The average Bonchev–Trinajstić information content (AvgIpc) is 2.37. The van der Waals surface area contributed by atoms with Gasteiger partial charge in [0.05, 0.1) is 0 Å². The van der Waals surface area contributed by atoms with E-state index in [1.807, 2.05) is 0 Å². The SMILES string of the molecule is CCCCN(CC)CC1C(C)CC(C)CC1NCC. The van der Waals surface area contributed by atoms with Crippen molar-refractivity contribution >= 4 is 0 Å². The second-order valence-corrected chi connectivity index (χ2v) is 6.63. The molecule has 1 N–H and O–H groups in total. The topological polar surface area (TPSA) is 15.3 Å². The molecule has 0 aromatic rings. The van der Waals surface area contributed by atoms with Crippen LogP contribution in [0.2, 0.25) is 0 Å². The van der Waals surface area contributed by atoms with Gasteiger partial charge < -0.3 is 10.2 Å². The van der Waals surface area contributed by atoms with Crippen LogP contribution in [0.25, 0.3) is 0 Å². The molecule has 1 rings (SSSR count). The van der Waals surface area contributed by atoms with Gasteiger partial charge in [-0.1, -0.05) is 41.0 Å². The number of unbranched alkanes of at least 4 members (excludes halogenated alkanes) is 1. The summed E-state index contributed by atoms with van der Waals surface area (Å²) in [6.07, 6.45) is 5.44. The van der Waals surface area contributed by atoms with Gasteiger partial charge >= 0.3 is 0 Å². The summed E-state index contributed by atoms with van der Waals surface area (Å²) < 4.78 is 0. The zero-order valence-electron chi connectivity index (χ0n) is 13.9. The van der Waals surface area contributed by atoms with Crippen molar-refractivity contribution in [2.24, 2.45) is 17.8 Å². The van der Waals surface area contributed by atoms with Gasteiger partial charge in [-0.05, 0) is 56.7 Å². The van der Waals surface area contributed by atoms with Crippen LogP contribution in [0, 0.1) is 17.8 Å². The Morgan fingerprint density at radius 3 is 2.42 bits per heavy atom. The van der Waals surface area contributed by atoms with Crippen LogP contribution in [0.3, 0.4) is 0 Å². The Bertz CT molecular complexity index is 229. The number of nitrogens with zero attached hydrogens (tertiary/aromatic N) is 1. The minimum Gasteiger partial charge on any atom is -0.314 e. The normalized spacial score (nSPS) is 31.9. The molecule has 1 aliphatic carbocycles. The maximum Gasteiger partial charge on any atom is 0.0112 e. The maximum atomic E-state index is 3.75. The van der Waals surface area contributed by atoms with E-state index in [-0.39, 0.29) is 0 Å². The molecule has 0 bridgehead atoms. The standard InChI is InChI=1S/C17H36N2/c1-6-9-10-19(8-3)13-16-15(5)11-14(4)12-17(16)18-7-2/h14-18H,6-13H2,1-5H3. The van der Waals surface area contributed by atoms with Crippen LogP contribution < -0.4 is 5.32 Å². The summed E-state index contributed by atoms with van der Waals surface area (Å²) >= 11 is 0. The molecule has 0 aromatic carbocycles. The van der Waals surface area contributed by atoms with Crippen molar-refractivity contribution in [1.82, 2.24) is 10.2 Å². The van der Waals surface area contributed by atoms with Crippen LogP contribution >= 0.6 is 0 Å². The van der Waals surface area contributed by atoms with Gasteiger partial charge in [0.1, 0.15) is 0 Å². The summed E-state index contributed by atoms with van der Waals surface area (Å²) in [6, 6.07) is 0.736. The van der Waals surface area contributed by atoms with Crippen molar-refractivity contribution in [1.29, 1.82) is 0 Å². The van der Waals surface area contributed by atoms with Gasteiger partial charge in [0.25, 0.3) is 0 Å². The highest BCUT2D eigenvalue weighted by atomic mass is 15.1.